The molecule has 0 atom stereocenters. The second kappa shape index (κ2) is 5.38. The van der Waals surface area contributed by atoms with Gasteiger partial charge >= 0.3 is 0 Å². The van der Waals surface area contributed by atoms with Gasteiger partial charge in [0.2, 0.25) is 0 Å². The van der Waals surface area contributed by atoms with Gasteiger partial charge in [-0.2, -0.15) is 10.2 Å². The Bertz CT molecular complexity index is 860. The molecule has 1 N–H and O–H groups in total. The van der Waals surface area contributed by atoms with Crippen molar-refractivity contribution in [1.82, 2.24) is 24.4 Å². The third-order valence-electron chi connectivity index (χ3n) is 3.98. The molecule has 0 bridgehead atoms. The quantitative estimate of drug-likeness (QED) is 0.789. The van der Waals surface area contributed by atoms with E-state index in [0.717, 1.165) is 18.9 Å². The number of fused-ring (bicyclic) bond motifs is 1. The summed E-state index contributed by atoms with van der Waals surface area (Å²) < 4.78 is 3.25. The molecule has 1 aliphatic heterocycles. The van der Waals surface area contributed by atoms with Crippen LogP contribution in [0, 0.1) is 0 Å². The number of rotatable bonds is 3. The fraction of sp³-hybridized carbons (Fsp3) is 0.333. The van der Waals surface area contributed by atoms with Crippen molar-refractivity contribution in [2.24, 2.45) is 7.05 Å². The first-order valence-electron chi connectivity index (χ1n) is 7.61. The predicted molar refractivity (Wildman–Crippen MR) is 85.6 cm³/mol. The zero-order valence-electron chi connectivity index (χ0n) is 12.8. The van der Waals surface area contributed by atoms with E-state index in [0.29, 0.717) is 17.0 Å². The molecule has 3 aromatic heterocycles. The fourth-order valence-electron chi connectivity index (χ4n) is 2.81. The lowest BCUT2D eigenvalue weighted by Crippen LogP contribution is -2.19. The molecule has 0 unspecified atom stereocenters. The number of nitrogens with one attached hydrogen (secondary N) is 1. The van der Waals surface area contributed by atoms with E-state index < -0.39 is 0 Å². The Hall–Kier alpha value is -2.90. The maximum atomic E-state index is 12.5. The standard InChI is InChI=1S/C15H17N7O/c1-20-8-4-12(19-20)17-15(23)11-10-16-22-9-5-13(18-14(11)22)21-6-2-3-7-21/h4-5,8-10H,2-3,6-7H2,1H3,(H,17,19,23). The Balaban J connectivity index is 1.66. The van der Waals surface area contributed by atoms with Gasteiger partial charge in [0.1, 0.15) is 11.4 Å². The molecule has 8 heteroatoms. The van der Waals surface area contributed by atoms with Gasteiger partial charge in [0.25, 0.3) is 5.91 Å². The van der Waals surface area contributed by atoms with Crippen molar-refractivity contribution in [1.29, 1.82) is 0 Å². The number of anilines is 2. The van der Waals surface area contributed by atoms with E-state index in [1.54, 1.807) is 28.5 Å². The monoisotopic (exact) mass is 311 g/mol. The van der Waals surface area contributed by atoms with Crippen molar-refractivity contribution >= 4 is 23.2 Å². The van der Waals surface area contributed by atoms with E-state index >= 15 is 0 Å². The van der Waals surface area contributed by atoms with Crippen LogP contribution in [0.3, 0.4) is 0 Å². The maximum absolute atomic E-state index is 12.5. The summed E-state index contributed by atoms with van der Waals surface area (Å²) in [5.41, 5.74) is 1.000. The lowest BCUT2D eigenvalue weighted by Gasteiger charge is -2.16. The SMILES string of the molecule is Cn1ccc(NC(=O)c2cnn3ccc(N4CCCC4)nc23)n1. The minimum atomic E-state index is -0.259. The summed E-state index contributed by atoms with van der Waals surface area (Å²) in [6.45, 7) is 2.01. The van der Waals surface area contributed by atoms with Crippen molar-refractivity contribution in [3.63, 3.8) is 0 Å². The normalized spacial score (nSPS) is 14.6. The van der Waals surface area contributed by atoms with Gasteiger partial charge in [0, 0.05) is 38.6 Å². The molecular formula is C15H17N7O. The minimum absolute atomic E-state index is 0.259. The summed E-state index contributed by atoms with van der Waals surface area (Å²) in [6.07, 6.45) is 7.51. The van der Waals surface area contributed by atoms with Crippen molar-refractivity contribution in [2.75, 3.05) is 23.3 Å². The van der Waals surface area contributed by atoms with E-state index in [9.17, 15) is 4.79 Å². The molecule has 0 radical (unpaired) electrons. The van der Waals surface area contributed by atoms with Crippen LogP contribution in [0.5, 0.6) is 0 Å². The van der Waals surface area contributed by atoms with E-state index in [2.05, 4.69) is 25.4 Å². The van der Waals surface area contributed by atoms with Crippen molar-refractivity contribution in [3.05, 3.63) is 36.3 Å². The average molecular weight is 311 g/mol. The molecule has 23 heavy (non-hydrogen) atoms. The van der Waals surface area contributed by atoms with E-state index in [1.165, 1.54) is 19.0 Å². The second-order valence-corrected chi connectivity index (χ2v) is 5.64. The lowest BCUT2D eigenvalue weighted by atomic mass is 10.3. The third kappa shape index (κ3) is 2.52. The zero-order valence-corrected chi connectivity index (χ0v) is 12.8. The summed E-state index contributed by atoms with van der Waals surface area (Å²) in [4.78, 5) is 19.3. The molecule has 0 aliphatic carbocycles. The molecule has 1 amide bonds. The van der Waals surface area contributed by atoms with Crippen molar-refractivity contribution in [2.45, 2.75) is 12.8 Å². The number of aryl methyl sites for hydroxylation is 1. The number of carbonyl (C=O) groups is 1. The van der Waals surface area contributed by atoms with Gasteiger partial charge in [0.15, 0.2) is 11.5 Å². The first-order valence-corrected chi connectivity index (χ1v) is 7.61. The van der Waals surface area contributed by atoms with Gasteiger partial charge < -0.3 is 10.2 Å². The zero-order chi connectivity index (χ0) is 15.8. The Morgan fingerprint density at radius 1 is 1.22 bits per heavy atom. The van der Waals surface area contributed by atoms with E-state index in [-0.39, 0.29) is 5.91 Å². The number of hydrogen-bond acceptors (Lipinski definition) is 5. The second-order valence-electron chi connectivity index (χ2n) is 5.64. The minimum Gasteiger partial charge on any atom is -0.357 e. The third-order valence-corrected chi connectivity index (χ3v) is 3.98. The molecule has 0 saturated carbocycles. The predicted octanol–water partition coefficient (Wildman–Crippen LogP) is 1.32. The summed E-state index contributed by atoms with van der Waals surface area (Å²) in [5.74, 6) is 1.14. The largest absolute Gasteiger partial charge is 0.357 e. The van der Waals surface area contributed by atoms with Crippen LogP contribution in [0.4, 0.5) is 11.6 Å². The molecule has 1 saturated heterocycles. The number of nitrogens with zero attached hydrogens (tertiary/aromatic N) is 6. The summed E-state index contributed by atoms with van der Waals surface area (Å²) >= 11 is 0. The highest BCUT2D eigenvalue weighted by Gasteiger charge is 2.18. The van der Waals surface area contributed by atoms with E-state index in [4.69, 9.17) is 0 Å². The molecule has 1 fully saturated rings. The first-order chi connectivity index (χ1) is 11.2. The van der Waals surface area contributed by atoms with Crippen LogP contribution in [0.15, 0.2) is 30.7 Å². The highest BCUT2D eigenvalue weighted by Crippen LogP contribution is 2.20. The van der Waals surface area contributed by atoms with Crippen LogP contribution in [-0.4, -0.2) is 43.4 Å². The smallest absolute Gasteiger partial charge is 0.262 e. The van der Waals surface area contributed by atoms with Crippen LogP contribution < -0.4 is 10.2 Å². The Labute approximate surface area is 132 Å². The van der Waals surface area contributed by atoms with Gasteiger partial charge in [-0.05, 0) is 18.9 Å². The maximum Gasteiger partial charge on any atom is 0.262 e. The van der Waals surface area contributed by atoms with Gasteiger partial charge in [-0.15, -0.1) is 0 Å². The summed E-state index contributed by atoms with van der Waals surface area (Å²) in [7, 11) is 1.80. The number of amides is 1. The van der Waals surface area contributed by atoms with Crippen molar-refractivity contribution in [3.8, 4) is 0 Å². The Morgan fingerprint density at radius 3 is 2.78 bits per heavy atom. The highest BCUT2D eigenvalue weighted by molar-refractivity contribution is 6.07. The molecule has 0 spiro atoms. The van der Waals surface area contributed by atoms with Crippen LogP contribution in [0.25, 0.3) is 5.65 Å². The lowest BCUT2D eigenvalue weighted by molar-refractivity contribution is 0.102. The summed E-state index contributed by atoms with van der Waals surface area (Å²) in [5, 5.41) is 11.1. The molecule has 0 aromatic carbocycles. The fourth-order valence-corrected chi connectivity index (χ4v) is 2.81. The first kappa shape index (κ1) is 13.7. The van der Waals surface area contributed by atoms with E-state index in [1.807, 2.05) is 12.3 Å². The molecule has 118 valence electrons. The molecule has 8 nitrogen and oxygen atoms in total. The Kier molecular flexibility index (Phi) is 3.22. The van der Waals surface area contributed by atoms with Gasteiger partial charge in [-0.3, -0.25) is 9.48 Å². The van der Waals surface area contributed by atoms with Crippen LogP contribution in [0.1, 0.15) is 23.2 Å². The highest BCUT2D eigenvalue weighted by atomic mass is 16.1. The molecule has 4 heterocycles. The molecule has 4 rings (SSSR count). The number of hydrogen-bond donors (Lipinski definition) is 1. The Morgan fingerprint density at radius 2 is 2.04 bits per heavy atom. The van der Waals surface area contributed by atoms with Gasteiger partial charge in [-0.25, -0.2) is 9.50 Å². The molecular weight excluding hydrogens is 294 g/mol. The van der Waals surface area contributed by atoms with Crippen LogP contribution >= 0.6 is 0 Å². The topological polar surface area (TPSA) is 80.4 Å². The van der Waals surface area contributed by atoms with Gasteiger partial charge in [-0.1, -0.05) is 0 Å². The number of aromatic nitrogens is 5. The van der Waals surface area contributed by atoms with Crippen LogP contribution in [-0.2, 0) is 7.05 Å². The van der Waals surface area contributed by atoms with Crippen LogP contribution in [0.2, 0.25) is 0 Å². The summed E-state index contributed by atoms with van der Waals surface area (Å²) in [6, 6.07) is 3.68. The van der Waals surface area contributed by atoms with Crippen molar-refractivity contribution < 1.29 is 4.79 Å². The molecule has 1 aliphatic rings. The number of carbonyl (C=O) groups excluding carboxylic acids is 1. The average Bonchev–Trinajstić information content (AvgIpc) is 3.26. The van der Waals surface area contributed by atoms with Gasteiger partial charge in [0.05, 0.1) is 6.20 Å². The molecule has 3 aromatic rings.